The van der Waals surface area contributed by atoms with Gasteiger partial charge in [0, 0.05) is 12.8 Å². The predicted octanol–water partition coefficient (Wildman–Crippen LogP) is 2.37. The molecule has 0 bridgehead atoms. The first-order chi connectivity index (χ1) is 4.91. The van der Waals surface area contributed by atoms with E-state index in [4.69, 9.17) is 10.5 Å². The largest absolute Gasteiger partial charge is 0.198 e. The molecule has 0 rings (SSSR count). The zero-order valence-corrected chi connectivity index (χ0v) is 6.14. The van der Waals surface area contributed by atoms with Gasteiger partial charge in [-0.1, -0.05) is 12.8 Å². The van der Waals surface area contributed by atoms with Crippen LogP contribution in [0, 0.1) is 22.7 Å². The first kappa shape index (κ1) is 8.98. The Balaban J connectivity index is 2.80. The van der Waals surface area contributed by atoms with Crippen molar-refractivity contribution in [3.05, 3.63) is 0 Å². The molecule has 0 spiro atoms. The number of hydrogen-bond acceptors (Lipinski definition) is 2. The van der Waals surface area contributed by atoms with Crippen LogP contribution in [0.1, 0.15) is 38.5 Å². The van der Waals surface area contributed by atoms with Gasteiger partial charge < -0.3 is 0 Å². The maximum absolute atomic E-state index is 8.17. The molecule has 2 nitrogen and oxygen atoms in total. The van der Waals surface area contributed by atoms with Crippen LogP contribution >= 0.6 is 0 Å². The molecule has 54 valence electrons. The van der Waals surface area contributed by atoms with Crippen molar-refractivity contribution < 1.29 is 0 Å². The average molecular weight is 135 g/mol. The summed E-state index contributed by atoms with van der Waals surface area (Å²) in [5.41, 5.74) is 0. The van der Waals surface area contributed by atoms with Gasteiger partial charge in [0.25, 0.3) is 0 Å². The highest BCUT2D eigenvalue weighted by Gasteiger charge is 1.87. The minimum absolute atomic E-state index is 0.659. The molecule has 0 heterocycles. The maximum Gasteiger partial charge on any atom is 0.0621 e. The van der Waals surface area contributed by atoms with Crippen molar-refractivity contribution in [3.8, 4) is 12.1 Å². The fourth-order valence-corrected chi connectivity index (χ4v) is 0.762. The van der Waals surface area contributed by atoms with E-state index in [-0.39, 0.29) is 0 Å². The van der Waals surface area contributed by atoms with Crippen LogP contribution in [0.15, 0.2) is 0 Å². The van der Waals surface area contributed by atoms with Gasteiger partial charge in [-0.15, -0.1) is 0 Å². The zero-order valence-electron chi connectivity index (χ0n) is 6.14. The SMILES string of the molecule is N#CCCCCCC[11C]#N. The van der Waals surface area contributed by atoms with Crippen LogP contribution in [-0.4, -0.2) is 0 Å². The average Bonchev–Trinajstić information content (AvgIpc) is 1.97. The minimum Gasteiger partial charge on any atom is -0.198 e. The summed E-state index contributed by atoms with van der Waals surface area (Å²) < 4.78 is 0. The van der Waals surface area contributed by atoms with E-state index in [1.165, 1.54) is 0 Å². The summed E-state index contributed by atoms with van der Waals surface area (Å²) >= 11 is 0. The van der Waals surface area contributed by atoms with Crippen molar-refractivity contribution in [2.24, 2.45) is 0 Å². The van der Waals surface area contributed by atoms with Crippen LogP contribution in [0.3, 0.4) is 0 Å². The molecule has 0 aliphatic rings. The second-order valence-corrected chi connectivity index (χ2v) is 2.23. The summed E-state index contributed by atoms with van der Waals surface area (Å²) in [7, 11) is 0. The van der Waals surface area contributed by atoms with Crippen molar-refractivity contribution in [1.82, 2.24) is 0 Å². The van der Waals surface area contributed by atoms with Gasteiger partial charge in [0.15, 0.2) is 0 Å². The lowest BCUT2D eigenvalue weighted by atomic mass is 10.0. The Morgan fingerprint density at radius 3 is 1.40 bits per heavy atom. The Morgan fingerprint density at radius 2 is 1.10 bits per heavy atom. The fraction of sp³-hybridized carbons (Fsp3) is 0.750. The standard InChI is InChI=1S/C8H12N2/c9-7-5-3-1-2-4-6-8-10/h1-6H2/i7-1. The molecule has 0 amide bonds. The van der Waals surface area contributed by atoms with Gasteiger partial charge in [-0.25, -0.2) is 0 Å². The summed E-state index contributed by atoms with van der Waals surface area (Å²) in [4.78, 5) is 0. The van der Waals surface area contributed by atoms with Crippen LogP contribution in [0.5, 0.6) is 0 Å². The molecule has 10 heavy (non-hydrogen) atoms. The normalized spacial score (nSPS) is 8.20. The predicted molar refractivity (Wildman–Crippen MR) is 38.9 cm³/mol. The van der Waals surface area contributed by atoms with Crippen LogP contribution in [0.2, 0.25) is 0 Å². The Hall–Kier alpha value is -1.02. The lowest BCUT2D eigenvalue weighted by Crippen LogP contribution is -1.76. The number of unbranched alkanes of at least 4 members (excludes halogenated alkanes) is 5. The van der Waals surface area contributed by atoms with E-state index in [1.54, 1.807) is 0 Å². The van der Waals surface area contributed by atoms with Gasteiger partial charge in [-0.2, -0.15) is 10.5 Å². The number of hydrogen-bond donors (Lipinski definition) is 0. The third-order valence-electron chi connectivity index (χ3n) is 1.33. The second kappa shape index (κ2) is 7.98. The Labute approximate surface area is 62.1 Å². The summed E-state index contributed by atoms with van der Waals surface area (Å²) in [6.45, 7) is 0. The Kier molecular flexibility index (Phi) is 7.17. The minimum atomic E-state index is 0.659. The highest BCUT2D eigenvalue weighted by atomic mass is 14.2. The van der Waals surface area contributed by atoms with Crippen LogP contribution in [0.4, 0.5) is 0 Å². The van der Waals surface area contributed by atoms with Crippen molar-refractivity contribution in [3.63, 3.8) is 0 Å². The third-order valence-corrected chi connectivity index (χ3v) is 1.33. The summed E-state index contributed by atoms with van der Waals surface area (Å²) in [6.07, 6.45) is 5.48. The molecule has 0 aliphatic carbocycles. The van der Waals surface area contributed by atoms with Gasteiger partial charge in [0.2, 0.25) is 0 Å². The highest BCUT2D eigenvalue weighted by Crippen LogP contribution is 2.03. The highest BCUT2D eigenvalue weighted by molar-refractivity contribution is 4.70. The van der Waals surface area contributed by atoms with Crippen LogP contribution in [-0.2, 0) is 0 Å². The van der Waals surface area contributed by atoms with E-state index in [9.17, 15) is 0 Å². The summed E-state index contributed by atoms with van der Waals surface area (Å²) in [5.74, 6) is 0. The zero-order chi connectivity index (χ0) is 7.66. The molecule has 0 aromatic rings. The molecule has 0 saturated heterocycles. The van der Waals surface area contributed by atoms with E-state index in [1.807, 2.05) is 0 Å². The van der Waals surface area contributed by atoms with E-state index in [0.717, 1.165) is 25.7 Å². The van der Waals surface area contributed by atoms with E-state index >= 15 is 0 Å². The molecule has 0 N–H and O–H groups in total. The van der Waals surface area contributed by atoms with Crippen molar-refractivity contribution in [2.75, 3.05) is 0 Å². The maximum atomic E-state index is 8.17. The molecule has 0 atom stereocenters. The molecule has 0 unspecified atom stereocenters. The fourth-order valence-electron chi connectivity index (χ4n) is 0.762. The van der Waals surface area contributed by atoms with Gasteiger partial charge in [0.05, 0.1) is 12.1 Å². The van der Waals surface area contributed by atoms with E-state index in [2.05, 4.69) is 12.1 Å². The summed E-state index contributed by atoms with van der Waals surface area (Å²) in [6, 6.07) is 4.19. The smallest absolute Gasteiger partial charge is 0.0621 e. The first-order valence-electron chi connectivity index (χ1n) is 3.65. The summed E-state index contributed by atoms with van der Waals surface area (Å²) in [5, 5.41) is 16.3. The van der Waals surface area contributed by atoms with Crippen LogP contribution < -0.4 is 0 Å². The topological polar surface area (TPSA) is 47.6 Å². The van der Waals surface area contributed by atoms with E-state index in [0.29, 0.717) is 12.8 Å². The Morgan fingerprint density at radius 1 is 0.700 bits per heavy atom. The van der Waals surface area contributed by atoms with Gasteiger partial charge in [0.1, 0.15) is 0 Å². The number of nitriles is 2. The van der Waals surface area contributed by atoms with Crippen LogP contribution in [0.25, 0.3) is 0 Å². The quantitative estimate of drug-likeness (QED) is 0.543. The molecule has 0 saturated carbocycles. The third kappa shape index (κ3) is 6.98. The molecular weight excluding hydrogens is 123 g/mol. The number of nitrogens with zero attached hydrogens (tertiary/aromatic N) is 2. The molecule has 0 aromatic carbocycles. The molecular formula is C8H12N2. The monoisotopic (exact) mass is 135 g/mol. The first-order valence-corrected chi connectivity index (χ1v) is 3.65. The molecule has 2 heteroatoms. The molecule has 0 aliphatic heterocycles. The molecule has 0 radical (unpaired) electrons. The van der Waals surface area contributed by atoms with Crippen molar-refractivity contribution >= 4 is 0 Å². The second-order valence-electron chi connectivity index (χ2n) is 2.23. The van der Waals surface area contributed by atoms with Crippen molar-refractivity contribution in [2.45, 2.75) is 38.5 Å². The van der Waals surface area contributed by atoms with Gasteiger partial charge in [-0.05, 0) is 12.8 Å². The van der Waals surface area contributed by atoms with Gasteiger partial charge in [-0.3, -0.25) is 0 Å². The van der Waals surface area contributed by atoms with E-state index < -0.39 is 0 Å². The van der Waals surface area contributed by atoms with Gasteiger partial charge >= 0.3 is 0 Å². The lowest BCUT2D eigenvalue weighted by molar-refractivity contribution is 0.657. The lowest BCUT2D eigenvalue weighted by Gasteiger charge is -1.92. The number of rotatable bonds is 5. The molecule has 0 aromatic heterocycles. The Bertz CT molecular complexity index is 120. The molecule has 0 fully saturated rings. The van der Waals surface area contributed by atoms with Crippen molar-refractivity contribution in [1.29, 1.82) is 10.5 Å².